The lowest BCUT2D eigenvalue weighted by Crippen LogP contribution is -2.16. The fourth-order valence-electron chi connectivity index (χ4n) is 2.21. The molecule has 0 saturated carbocycles. The lowest BCUT2D eigenvalue weighted by Gasteiger charge is -2.15. The van der Waals surface area contributed by atoms with Gasteiger partial charge in [0.15, 0.2) is 5.82 Å². The number of aliphatic carboxylic acids is 1. The highest BCUT2D eigenvalue weighted by molar-refractivity contribution is 6.31. The summed E-state index contributed by atoms with van der Waals surface area (Å²) in [5, 5.41) is 21.4. The molecular formula is C14H17ClN4O2. The molecule has 21 heavy (non-hydrogen) atoms. The fraction of sp³-hybridized carbons (Fsp3) is 0.429. The molecule has 0 saturated heterocycles. The zero-order chi connectivity index (χ0) is 15.4. The van der Waals surface area contributed by atoms with E-state index in [2.05, 4.69) is 15.5 Å². The Hall–Kier alpha value is -1.95. The van der Waals surface area contributed by atoms with E-state index in [4.69, 9.17) is 16.7 Å². The van der Waals surface area contributed by atoms with Gasteiger partial charge in [0, 0.05) is 10.6 Å². The predicted molar refractivity (Wildman–Crippen MR) is 79.2 cm³/mol. The third-order valence-electron chi connectivity index (χ3n) is 3.30. The number of aromatic nitrogens is 4. The Labute approximate surface area is 127 Å². The van der Waals surface area contributed by atoms with Crippen LogP contribution in [0.1, 0.15) is 37.8 Å². The average Bonchev–Trinajstić information content (AvgIpc) is 2.90. The standard InChI is InChI=1S/C14H17ClN4O2/c1-3-4-11(8-13(20)21)19-14(16-17-18-19)10-6-5-9(2)12(15)7-10/h5-7,11H,3-4,8H2,1-2H3,(H,20,21). The minimum atomic E-state index is -0.864. The Balaban J connectivity index is 2.39. The van der Waals surface area contributed by atoms with Crippen molar-refractivity contribution in [1.82, 2.24) is 20.2 Å². The number of carboxylic acids is 1. The molecule has 0 amide bonds. The van der Waals surface area contributed by atoms with E-state index in [-0.39, 0.29) is 12.5 Å². The molecule has 0 fully saturated rings. The summed E-state index contributed by atoms with van der Waals surface area (Å²) in [5.41, 5.74) is 1.75. The first-order chi connectivity index (χ1) is 10.0. The molecule has 1 unspecified atom stereocenters. The van der Waals surface area contributed by atoms with Crippen molar-refractivity contribution < 1.29 is 9.90 Å². The maximum atomic E-state index is 11.0. The maximum Gasteiger partial charge on any atom is 0.305 e. The van der Waals surface area contributed by atoms with Crippen LogP contribution in [0.3, 0.4) is 0 Å². The Morgan fingerprint density at radius 2 is 2.24 bits per heavy atom. The highest BCUT2D eigenvalue weighted by Crippen LogP contribution is 2.27. The van der Waals surface area contributed by atoms with E-state index in [1.54, 1.807) is 10.7 Å². The molecule has 7 heteroatoms. The van der Waals surface area contributed by atoms with Gasteiger partial charge in [0.25, 0.3) is 0 Å². The van der Waals surface area contributed by atoms with Gasteiger partial charge < -0.3 is 5.11 Å². The van der Waals surface area contributed by atoms with E-state index < -0.39 is 5.97 Å². The van der Waals surface area contributed by atoms with Crippen LogP contribution < -0.4 is 0 Å². The summed E-state index contributed by atoms with van der Waals surface area (Å²) in [6, 6.07) is 5.30. The van der Waals surface area contributed by atoms with E-state index in [1.807, 2.05) is 26.0 Å². The van der Waals surface area contributed by atoms with Crippen molar-refractivity contribution in [2.24, 2.45) is 0 Å². The quantitative estimate of drug-likeness (QED) is 0.886. The lowest BCUT2D eigenvalue weighted by molar-refractivity contribution is -0.138. The smallest absolute Gasteiger partial charge is 0.305 e. The highest BCUT2D eigenvalue weighted by atomic mass is 35.5. The van der Waals surface area contributed by atoms with Gasteiger partial charge in [-0.25, -0.2) is 4.68 Å². The number of hydrogen-bond acceptors (Lipinski definition) is 4. The van der Waals surface area contributed by atoms with Crippen LogP contribution in [0.4, 0.5) is 0 Å². The third-order valence-corrected chi connectivity index (χ3v) is 3.71. The zero-order valence-electron chi connectivity index (χ0n) is 12.0. The normalized spacial score (nSPS) is 12.3. The van der Waals surface area contributed by atoms with Crippen molar-refractivity contribution in [3.05, 3.63) is 28.8 Å². The summed E-state index contributed by atoms with van der Waals surface area (Å²) in [6.45, 7) is 3.92. The molecule has 0 bridgehead atoms. The van der Waals surface area contributed by atoms with Crippen LogP contribution in [0, 0.1) is 6.92 Å². The van der Waals surface area contributed by atoms with E-state index in [1.165, 1.54) is 0 Å². The molecule has 6 nitrogen and oxygen atoms in total. The fourth-order valence-corrected chi connectivity index (χ4v) is 2.39. The summed E-state index contributed by atoms with van der Waals surface area (Å²) in [6.07, 6.45) is 1.54. The Bertz CT molecular complexity index is 642. The Morgan fingerprint density at radius 3 is 2.86 bits per heavy atom. The van der Waals surface area contributed by atoms with Gasteiger partial charge in [-0.3, -0.25) is 4.79 Å². The van der Waals surface area contributed by atoms with E-state index in [9.17, 15) is 4.79 Å². The third kappa shape index (κ3) is 3.58. The van der Waals surface area contributed by atoms with Crippen molar-refractivity contribution in [2.75, 3.05) is 0 Å². The lowest BCUT2D eigenvalue weighted by atomic mass is 10.1. The first-order valence-corrected chi connectivity index (χ1v) is 7.17. The van der Waals surface area contributed by atoms with Gasteiger partial charge in [-0.2, -0.15) is 0 Å². The SMILES string of the molecule is CCCC(CC(=O)O)n1nnnc1-c1ccc(C)c(Cl)c1. The molecule has 0 aliphatic carbocycles. The predicted octanol–water partition coefficient (Wildman–Crippen LogP) is 3.12. The second-order valence-electron chi connectivity index (χ2n) is 4.95. The van der Waals surface area contributed by atoms with Gasteiger partial charge in [0.2, 0.25) is 0 Å². The average molecular weight is 309 g/mol. The Kier molecular flexibility index (Phi) is 4.90. The van der Waals surface area contributed by atoms with Gasteiger partial charge in [-0.05, 0) is 35.4 Å². The molecular weight excluding hydrogens is 292 g/mol. The molecule has 1 heterocycles. The summed E-state index contributed by atoms with van der Waals surface area (Å²) in [5.74, 6) is -0.326. The Morgan fingerprint density at radius 1 is 1.48 bits per heavy atom. The first kappa shape index (κ1) is 15.4. The minimum absolute atomic E-state index is 0.00846. The molecule has 1 atom stereocenters. The second-order valence-corrected chi connectivity index (χ2v) is 5.36. The van der Waals surface area contributed by atoms with Crippen molar-refractivity contribution in [3.63, 3.8) is 0 Å². The minimum Gasteiger partial charge on any atom is -0.481 e. The van der Waals surface area contributed by atoms with Gasteiger partial charge in [0.1, 0.15) is 0 Å². The second kappa shape index (κ2) is 6.67. The molecule has 0 spiro atoms. The van der Waals surface area contributed by atoms with Crippen molar-refractivity contribution in [2.45, 2.75) is 39.2 Å². The number of benzene rings is 1. The highest BCUT2D eigenvalue weighted by Gasteiger charge is 2.20. The number of hydrogen-bond donors (Lipinski definition) is 1. The van der Waals surface area contributed by atoms with Crippen molar-refractivity contribution in [1.29, 1.82) is 0 Å². The van der Waals surface area contributed by atoms with Gasteiger partial charge in [-0.1, -0.05) is 37.1 Å². The molecule has 1 aromatic carbocycles. The van der Waals surface area contributed by atoms with E-state index >= 15 is 0 Å². The number of nitrogens with zero attached hydrogens (tertiary/aromatic N) is 4. The molecule has 2 aromatic rings. The molecule has 0 aliphatic heterocycles. The van der Waals surface area contributed by atoms with Crippen LogP contribution in [0.5, 0.6) is 0 Å². The number of rotatable bonds is 6. The van der Waals surface area contributed by atoms with Crippen LogP contribution in [-0.2, 0) is 4.79 Å². The summed E-state index contributed by atoms with van der Waals surface area (Å²) >= 11 is 6.14. The number of carbonyl (C=O) groups is 1. The maximum absolute atomic E-state index is 11.0. The molecule has 0 radical (unpaired) electrons. The van der Waals surface area contributed by atoms with Gasteiger partial charge in [-0.15, -0.1) is 5.10 Å². The van der Waals surface area contributed by atoms with Gasteiger partial charge in [0.05, 0.1) is 12.5 Å². The van der Waals surface area contributed by atoms with Crippen molar-refractivity contribution >= 4 is 17.6 Å². The molecule has 1 N–H and O–H groups in total. The number of tetrazole rings is 1. The van der Waals surface area contributed by atoms with Crippen molar-refractivity contribution in [3.8, 4) is 11.4 Å². The van der Waals surface area contributed by atoms with E-state index in [0.29, 0.717) is 17.3 Å². The number of aryl methyl sites for hydroxylation is 1. The summed E-state index contributed by atoms with van der Waals surface area (Å²) in [4.78, 5) is 11.0. The summed E-state index contributed by atoms with van der Waals surface area (Å²) in [7, 11) is 0. The monoisotopic (exact) mass is 308 g/mol. The number of halogens is 1. The molecule has 112 valence electrons. The van der Waals surface area contributed by atoms with Crippen LogP contribution in [-0.4, -0.2) is 31.3 Å². The van der Waals surface area contributed by atoms with Gasteiger partial charge >= 0.3 is 5.97 Å². The molecule has 1 aromatic heterocycles. The molecule has 0 aliphatic rings. The van der Waals surface area contributed by atoms with Crippen LogP contribution in [0.25, 0.3) is 11.4 Å². The number of carboxylic acid groups (broad SMARTS) is 1. The van der Waals surface area contributed by atoms with Crippen LogP contribution in [0.15, 0.2) is 18.2 Å². The zero-order valence-corrected chi connectivity index (χ0v) is 12.7. The molecule has 2 rings (SSSR count). The largest absolute Gasteiger partial charge is 0.481 e. The van der Waals surface area contributed by atoms with Crippen LogP contribution in [0.2, 0.25) is 5.02 Å². The van der Waals surface area contributed by atoms with E-state index in [0.717, 1.165) is 17.5 Å². The van der Waals surface area contributed by atoms with Crippen LogP contribution >= 0.6 is 11.6 Å². The first-order valence-electron chi connectivity index (χ1n) is 6.79. The summed E-state index contributed by atoms with van der Waals surface area (Å²) < 4.78 is 1.58. The topological polar surface area (TPSA) is 80.9 Å².